The van der Waals surface area contributed by atoms with Gasteiger partial charge in [-0.1, -0.05) is 44.2 Å². The third-order valence-electron chi connectivity index (χ3n) is 6.60. The van der Waals surface area contributed by atoms with Crippen molar-refractivity contribution in [1.29, 1.82) is 0 Å². The smallest absolute Gasteiger partial charge is 0.254 e. The fraction of sp³-hybridized carbons (Fsp3) is 0.393. The Hall–Kier alpha value is -3.09. The van der Waals surface area contributed by atoms with E-state index in [1.165, 1.54) is 5.56 Å². The number of aromatic nitrogens is 1. The highest BCUT2D eigenvalue weighted by Gasteiger charge is 2.34. The molecule has 0 radical (unpaired) electrons. The average Bonchev–Trinajstić information content (AvgIpc) is 2.85. The molecule has 0 aliphatic carbocycles. The third kappa shape index (κ3) is 4.48. The van der Waals surface area contributed by atoms with Gasteiger partial charge in [0.05, 0.1) is 25.5 Å². The van der Waals surface area contributed by atoms with Gasteiger partial charge in [0.1, 0.15) is 30.8 Å². The van der Waals surface area contributed by atoms with Gasteiger partial charge >= 0.3 is 0 Å². The molecule has 6 heteroatoms. The monoisotopic (exact) mass is 461 g/mol. The van der Waals surface area contributed by atoms with Crippen molar-refractivity contribution in [3.05, 3.63) is 81.6 Å². The van der Waals surface area contributed by atoms with E-state index in [9.17, 15) is 4.79 Å². The second-order valence-corrected chi connectivity index (χ2v) is 9.65. The Bertz CT molecular complexity index is 1230. The van der Waals surface area contributed by atoms with Crippen molar-refractivity contribution in [3.8, 4) is 22.8 Å². The van der Waals surface area contributed by atoms with Crippen molar-refractivity contribution in [2.24, 2.45) is 0 Å². The summed E-state index contributed by atoms with van der Waals surface area (Å²) in [5.74, 6) is 1.42. The van der Waals surface area contributed by atoms with E-state index in [0.717, 1.165) is 28.1 Å². The quantitative estimate of drug-likeness (QED) is 0.542. The van der Waals surface area contributed by atoms with Crippen LogP contribution in [0.1, 0.15) is 30.5 Å². The van der Waals surface area contributed by atoms with E-state index in [1.807, 2.05) is 35.8 Å². The molecule has 1 atom stereocenters. The summed E-state index contributed by atoms with van der Waals surface area (Å²) in [4.78, 5) is 13.1. The number of hydrogen-bond acceptors (Lipinski definition) is 5. The van der Waals surface area contributed by atoms with Crippen LogP contribution >= 0.6 is 0 Å². The molecular weight excluding hydrogens is 430 g/mol. The first-order valence-corrected chi connectivity index (χ1v) is 11.8. The lowest BCUT2D eigenvalue weighted by molar-refractivity contribution is -0.101. The number of hydrogen-bond donors (Lipinski definition) is 0. The minimum atomic E-state index is -0.222. The summed E-state index contributed by atoms with van der Waals surface area (Å²) < 4.78 is 25.2. The molecule has 2 aromatic carbocycles. The van der Waals surface area contributed by atoms with Crippen molar-refractivity contribution in [2.75, 3.05) is 26.4 Å². The van der Waals surface area contributed by atoms with Gasteiger partial charge in [0.2, 0.25) is 0 Å². The maximum Gasteiger partial charge on any atom is 0.254 e. The number of nitrogens with zero attached hydrogens (tertiary/aromatic N) is 1. The van der Waals surface area contributed by atoms with Crippen LogP contribution in [0.5, 0.6) is 11.5 Å². The molecule has 2 aliphatic heterocycles. The van der Waals surface area contributed by atoms with Gasteiger partial charge in [-0.05, 0) is 36.2 Å². The van der Waals surface area contributed by atoms with Crippen LogP contribution in [-0.4, -0.2) is 37.1 Å². The molecule has 6 nitrogen and oxygen atoms in total. The molecule has 0 bridgehead atoms. The second kappa shape index (κ2) is 9.28. The first kappa shape index (κ1) is 22.7. The van der Waals surface area contributed by atoms with Gasteiger partial charge in [0, 0.05) is 29.2 Å². The Morgan fingerprint density at radius 1 is 1.06 bits per heavy atom. The molecule has 0 saturated carbocycles. The molecule has 0 amide bonds. The molecule has 1 saturated heterocycles. The number of fused-ring (bicyclic) bond motifs is 3. The van der Waals surface area contributed by atoms with E-state index in [2.05, 4.69) is 38.1 Å². The fourth-order valence-electron chi connectivity index (χ4n) is 4.80. The minimum Gasteiger partial charge on any atom is -0.490 e. The molecule has 34 heavy (non-hydrogen) atoms. The molecule has 178 valence electrons. The van der Waals surface area contributed by atoms with Gasteiger partial charge in [-0.3, -0.25) is 4.79 Å². The maximum absolute atomic E-state index is 13.1. The summed E-state index contributed by atoms with van der Waals surface area (Å²) in [5, 5.41) is 0. The van der Waals surface area contributed by atoms with Crippen molar-refractivity contribution in [2.45, 2.75) is 45.4 Å². The molecule has 2 aliphatic rings. The summed E-state index contributed by atoms with van der Waals surface area (Å²) in [5.41, 5.74) is 4.92. The van der Waals surface area contributed by atoms with Crippen molar-refractivity contribution >= 4 is 0 Å². The van der Waals surface area contributed by atoms with Gasteiger partial charge in [-0.15, -0.1) is 0 Å². The number of pyridine rings is 1. The van der Waals surface area contributed by atoms with E-state index in [4.69, 9.17) is 18.9 Å². The number of rotatable bonds is 6. The van der Waals surface area contributed by atoms with E-state index in [-0.39, 0.29) is 17.1 Å². The predicted molar refractivity (Wildman–Crippen MR) is 131 cm³/mol. The fourth-order valence-corrected chi connectivity index (χ4v) is 4.80. The van der Waals surface area contributed by atoms with Gasteiger partial charge < -0.3 is 23.5 Å². The standard InChI is InChI=1S/C28H31NO5/c1-19-25(34-17-22-16-31-11-12-32-22)14-26(30)29-18-28(2,3)24-13-21(9-10-23(24)27(19)29)33-15-20-7-5-4-6-8-20/h4-10,13-14,22H,11-12,15-18H2,1-3H3. The first-order valence-electron chi connectivity index (χ1n) is 11.8. The highest BCUT2D eigenvalue weighted by atomic mass is 16.6. The SMILES string of the molecule is Cc1c(OCC2COCCO2)cc(=O)n2c1-c1ccc(OCc3ccccc3)cc1C(C)(C)C2. The lowest BCUT2D eigenvalue weighted by Gasteiger charge is -2.36. The van der Waals surface area contributed by atoms with Gasteiger partial charge in [0.25, 0.3) is 5.56 Å². The Balaban J connectivity index is 1.46. The summed E-state index contributed by atoms with van der Waals surface area (Å²) in [6, 6.07) is 17.9. The largest absolute Gasteiger partial charge is 0.490 e. The van der Waals surface area contributed by atoms with Crippen LogP contribution < -0.4 is 15.0 Å². The zero-order chi connectivity index (χ0) is 23.7. The minimum absolute atomic E-state index is 0.0560. The van der Waals surface area contributed by atoms with Crippen LogP contribution in [0.25, 0.3) is 11.3 Å². The molecule has 3 heterocycles. The zero-order valence-corrected chi connectivity index (χ0v) is 20.0. The molecule has 0 N–H and O–H groups in total. The Labute approximate surface area is 200 Å². The van der Waals surface area contributed by atoms with Crippen LogP contribution in [0, 0.1) is 6.92 Å². The average molecular weight is 462 g/mol. The Morgan fingerprint density at radius 2 is 1.88 bits per heavy atom. The van der Waals surface area contributed by atoms with Crippen LogP contribution in [0.3, 0.4) is 0 Å². The van der Waals surface area contributed by atoms with Gasteiger partial charge in [0.15, 0.2) is 0 Å². The van der Waals surface area contributed by atoms with E-state index in [0.29, 0.717) is 45.3 Å². The summed E-state index contributed by atoms with van der Waals surface area (Å²) in [7, 11) is 0. The maximum atomic E-state index is 13.1. The molecular formula is C28H31NO5. The molecule has 0 spiro atoms. The van der Waals surface area contributed by atoms with Crippen molar-refractivity contribution in [1.82, 2.24) is 4.57 Å². The van der Waals surface area contributed by atoms with E-state index >= 15 is 0 Å². The molecule has 1 unspecified atom stereocenters. The van der Waals surface area contributed by atoms with Crippen LogP contribution in [0.4, 0.5) is 0 Å². The highest BCUT2D eigenvalue weighted by Crippen LogP contribution is 2.43. The normalized spacial score (nSPS) is 18.6. The number of ether oxygens (including phenoxy) is 4. The van der Waals surface area contributed by atoms with Crippen molar-refractivity contribution < 1.29 is 18.9 Å². The summed E-state index contributed by atoms with van der Waals surface area (Å²) >= 11 is 0. The summed E-state index contributed by atoms with van der Waals surface area (Å²) in [6.45, 7) is 9.50. The highest BCUT2D eigenvalue weighted by molar-refractivity contribution is 5.73. The first-order chi connectivity index (χ1) is 16.4. The van der Waals surface area contributed by atoms with Gasteiger partial charge in [-0.25, -0.2) is 0 Å². The zero-order valence-electron chi connectivity index (χ0n) is 20.0. The van der Waals surface area contributed by atoms with Crippen LogP contribution in [-0.2, 0) is 28.0 Å². The lowest BCUT2D eigenvalue weighted by Crippen LogP contribution is -2.37. The second-order valence-electron chi connectivity index (χ2n) is 9.65. The van der Waals surface area contributed by atoms with Crippen LogP contribution in [0.15, 0.2) is 59.4 Å². The Kier molecular flexibility index (Phi) is 6.19. The van der Waals surface area contributed by atoms with Crippen LogP contribution in [0.2, 0.25) is 0 Å². The topological polar surface area (TPSA) is 58.9 Å². The van der Waals surface area contributed by atoms with E-state index < -0.39 is 0 Å². The number of benzene rings is 2. The lowest BCUT2D eigenvalue weighted by atomic mass is 9.77. The van der Waals surface area contributed by atoms with Gasteiger partial charge in [-0.2, -0.15) is 0 Å². The predicted octanol–water partition coefficient (Wildman–Crippen LogP) is 4.49. The molecule has 1 fully saturated rings. The Morgan fingerprint density at radius 3 is 2.65 bits per heavy atom. The molecule has 1 aromatic heterocycles. The summed E-state index contributed by atoms with van der Waals surface area (Å²) in [6.07, 6.45) is -0.123. The molecule has 5 rings (SSSR count). The van der Waals surface area contributed by atoms with E-state index in [1.54, 1.807) is 6.07 Å². The molecule has 3 aromatic rings. The third-order valence-corrected chi connectivity index (χ3v) is 6.60. The van der Waals surface area contributed by atoms with Crippen molar-refractivity contribution in [3.63, 3.8) is 0 Å².